The van der Waals surface area contributed by atoms with Gasteiger partial charge in [-0.3, -0.25) is 14.6 Å². The third-order valence-corrected chi connectivity index (χ3v) is 2.07. The molecule has 6 nitrogen and oxygen atoms in total. The van der Waals surface area contributed by atoms with E-state index in [1.807, 2.05) is 18.8 Å². The molecule has 0 unspecified atom stereocenters. The van der Waals surface area contributed by atoms with E-state index in [0.29, 0.717) is 12.5 Å². The third-order valence-electron chi connectivity index (χ3n) is 2.07. The molecule has 88 valence electrons. The van der Waals surface area contributed by atoms with Gasteiger partial charge in [-0.1, -0.05) is 13.8 Å². The smallest absolute Gasteiger partial charge is 0.325 e. The van der Waals surface area contributed by atoms with E-state index in [-0.39, 0.29) is 5.56 Å². The zero-order valence-corrected chi connectivity index (χ0v) is 9.29. The molecule has 1 aromatic heterocycles. The van der Waals surface area contributed by atoms with E-state index in [0.717, 1.165) is 12.6 Å². The van der Waals surface area contributed by atoms with Crippen LogP contribution in [-0.4, -0.2) is 22.4 Å². The maximum atomic E-state index is 11.5. The van der Waals surface area contributed by atoms with E-state index in [9.17, 15) is 14.4 Å². The van der Waals surface area contributed by atoms with Crippen LogP contribution in [0.4, 0.5) is 0 Å². The van der Waals surface area contributed by atoms with Crippen molar-refractivity contribution in [3.63, 3.8) is 0 Å². The van der Waals surface area contributed by atoms with Crippen molar-refractivity contribution in [2.75, 3.05) is 6.54 Å². The number of H-pyrrole nitrogens is 2. The van der Waals surface area contributed by atoms with E-state index < -0.39 is 17.2 Å². The van der Waals surface area contributed by atoms with Gasteiger partial charge in [-0.05, 0) is 12.3 Å². The van der Waals surface area contributed by atoms with Crippen LogP contribution in [0.25, 0.3) is 0 Å². The summed E-state index contributed by atoms with van der Waals surface area (Å²) in [7, 11) is 0. The summed E-state index contributed by atoms with van der Waals surface area (Å²) in [5, 5.41) is 2.61. The molecular formula is C10H15N3O3. The largest absolute Gasteiger partial charge is 0.352 e. The van der Waals surface area contributed by atoms with Crippen LogP contribution in [0.15, 0.2) is 15.8 Å². The Labute approximate surface area is 92.1 Å². The summed E-state index contributed by atoms with van der Waals surface area (Å²) in [6.07, 6.45) is 1.96. The fraction of sp³-hybridized carbons (Fsp3) is 0.500. The summed E-state index contributed by atoms with van der Waals surface area (Å²) >= 11 is 0. The lowest BCUT2D eigenvalue weighted by atomic mass is 10.1. The van der Waals surface area contributed by atoms with Gasteiger partial charge in [0.2, 0.25) is 0 Å². The average molecular weight is 225 g/mol. The number of aromatic amines is 2. The Hall–Kier alpha value is -1.85. The molecule has 0 atom stereocenters. The van der Waals surface area contributed by atoms with Crippen LogP contribution in [0.1, 0.15) is 30.6 Å². The van der Waals surface area contributed by atoms with Gasteiger partial charge in [-0.2, -0.15) is 0 Å². The Bertz CT molecular complexity index is 473. The molecule has 1 amide bonds. The van der Waals surface area contributed by atoms with Gasteiger partial charge < -0.3 is 10.3 Å². The van der Waals surface area contributed by atoms with Gasteiger partial charge in [0.1, 0.15) is 5.56 Å². The first-order chi connectivity index (χ1) is 7.50. The molecule has 0 fully saturated rings. The van der Waals surface area contributed by atoms with E-state index in [1.165, 1.54) is 0 Å². The monoisotopic (exact) mass is 225 g/mol. The second-order valence-electron chi connectivity index (χ2n) is 3.92. The molecule has 3 N–H and O–H groups in total. The van der Waals surface area contributed by atoms with Gasteiger partial charge in [0.05, 0.1) is 0 Å². The summed E-state index contributed by atoms with van der Waals surface area (Å²) in [5.41, 5.74) is -1.38. The average Bonchev–Trinajstić information content (AvgIpc) is 2.16. The highest BCUT2D eigenvalue weighted by Crippen LogP contribution is 1.96. The van der Waals surface area contributed by atoms with E-state index in [1.54, 1.807) is 0 Å². The predicted octanol–water partition coefficient (Wildman–Crippen LogP) is -0.161. The fourth-order valence-electron chi connectivity index (χ4n) is 1.15. The lowest BCUT2D eigenvalue weighted by molar-refractivity contribution is 0.0950. The van der Waals surface area contributed by atoms with Crippen molar-refractivity contribution in [2.45, 2.75) is 20.3 Å². The minimum absolute atomic E-state index is 0.0802. The molecule has 1 heterocycles. The zero-order valence-electron chi connectivity index (χ0n) is 9.29. The number of amides is 1. The minimum atomic E-state index is -0.675. The summed E-state index contributed by atoms with van der Waals surface area (Å²) in [5.74, 6) is 0.00677. The first kappa shape index (κ1) is 12.2. The number of carbonyl (C=O) groups is 1. The predicted molar refractivity (Wildman–Crippen MR) is 59.5 cm³/mol. The van der Waals surface area contributed by atoms with Gasteiger partial charge >= 0.3 is 5.69 Å². The van der Waals surface area contributed by atoms with Gasteiger partial charge in [-0.15, -0.1) is 0 Å². The van der Waals surface area contributed by atoms with Crippen molar-refractivity contribution < 1.29 is 4.79 Å². The molecule has 0 spiro atoms. The van der Waals surface area contributed by atoms with Crippen LogP contribution in [0.5, 0.6) is 0 Å². The van der Waals surface area contributed by atoms with Gasteiger partial charge in [0.25, 0.3) is 11.5 Å². The standard InChI is InChI=1S/C10H15N3O3/c1-6(2)3-4-11-8(14)7-5-12-10(16)13-9(7)15/h5-6H,3-4H2,1-2H3,(H,11,14)(H2,12,13,15,16). The first-order valence-corrected chi connectivity index (χ1v) is 5.11. The summed E-state index contributed by atoms with van der Waals surface area (Å²) in [6.45, 7) is 4.59. The number of carbonyl (C=O) groups excluding carboxylic acids is 1. The van der Waals surface area contributed by atoms with Crippen molar-refractivity contribution >= 4 is 5.91 Å². The lowest BCUT2D eigenvalue weighted by Gasteiger charge is -2.06. The second kappa shape index (κ2) is 5.29. The molecule has 0 saturated carbocycles. The first-order valence-electron chi connectivity index (χ1n) is 5.11. The lowest BCUT2D eigenvalue weighted by Crippen LogP contribution is -2.34. The van der Waals surface area contributed by atoms with Crippen LogP contribution < -0.4 is 16.6 Å². The number of aromatic nitrogens is 2. The minimum Gasteiger partial charge on any atom is -0.352 e. The Kier molecular flexibility index (Phi) is 4.04. The van der Waals surface area contributed by atoms with Crippen LogP contribution in [-0.2, 0) is 0 Å². The van der Waals surface area contributed by atoms with Crippen LogP contribution in [0.3, 0.4) is 0 Å². The quantitative estimate of drug-likeness (QED) is 0.664. The molecule has 0 aromatic carbocycles. The number of rotatable bonds is 4. The molecule has 0 bridgehead atoms. The number of hydrogen-bond donors (Lipinski definition) is 3. The second-order valence-corrected chi connectivity index (χ2v) is 3.92. The highest BCUT2D eigenvalue weighted by Gasteiger charge is 2.09. The van der Waals surface area contributed by atoms with Gasteiger partial charge in [-0.25, -0.2) is 4.79 Å². The molecule has 1 aromatic rings. The van der Waals surface area contributed by atoms with Gasteiger partial charge in [0.15, 0.2) is 0 Å². The molecule has 6 heteroatoms. The SMILES string of the molecule is CC(C)CCNC(=O)c1c[nH]c(=O)[nH]c1=O. The highest BCUT2D eigenvalue weighted by atomic mass is 16.2. The Balaban J connectivity index is 2.67. The molecule has 0 aliphatic heterocycles. The highest BCUT2D eigenvalue weighted by molar-refractivity contribution is 5.93. The molecule has 16 heavy (non-hydrogen) atoms. The maximum absolute atomic E-state index is 11.5. The number of hydrogen-bond acceptors (Lipinski definition) is 3. The molecule has 0 aliphatic carbocycles. The zero-order chi connectivity index (χ0) is 12.1. The summed E-state index contributed by atoms with van der Waals surface area (Å²) in [4.78, 5) is 37.7. The summed E-state index contributed by atoms with van der Waals surface area (Å²) < 4.78 is 0. The fourth-order valence-corrected chi connectivity index (χ4v) is 1.15. The molecule has 0 radical (unpaired) electrons. The normalized spacial score (nSPS) is 10.4. The Morgan fingerprint density at radius 1 is 1.44 bits per heavy atom. The van der Waals surface area contributed by atoms with E-state index >= 15 is 0 Å². The topological polar surface area (TPSA) is 94.8 Å². The van der Waals surface area contributed by atoms with Crippen LogP contribution >= 0.6 is 0 Å². The molecule has 1 rings (SSSR count). The van der Waals surface area contributed by atoms with Gasteiger partial charge in [0, 0.05) is 12.7 Å². The van der Waals surface area contributed by atoms with Crippen molar-refractivity contribution in [3.05, 3.63) is 32.6 Å². The van der Waals surface area contributed by atoms with Crippen molar-refractivity contribution in [1.29, 1.82) is 0 Å². The Morgan fingerprint density at radius 3 is 2.69 bits per heavy atom. The van der Waals surface area contributed by atoms with Crippen molar-refractivity contribution in [2.24, 2.45) is 5.92 Å². The van der Waals surface area contributed by atoms with Crippen molar-refractivity contribution in [3.8, 4) is 0 Å². The maximum Gasteiger partial charge on any atom is 0.325 e. The van der Waals surface area contributed by atoms with E-state index in [2.05, 4.69) is 10.3 Å². The summed E-state index contributed by atoms with van der Waals surface area (Å²) in [6, 6.07) is 0. The molecular weight excluding hydrogens is 210 g/mol. The third kappa shape index (κ3) is 3.38. The van der Waals surface area contributed by atoms with Crippen LogP contribution in [0.2, 0.25) is 0 Å². The van der Waals surface area contributed by atoms with Crippen molar-refractivity contribution in [1.82, 2.24) is 15.3 Å². The molecule has 0 saturated heterocycles. The number of nitrogens with one attached hydrogen (secondary N) is 3. The Morgan fingerprint density at radius 2 is 2.12 bits per heavy atom. The van der Waals surface area contributed by atoms with Crippen LogP contribution in [0, 0.1) is 5.92 Å². The molecule has 0 aliphatic rings. The van der Waals surface area contributed by atoms with E-state index in [4.69, 9.17) is 0 Å².